The second kappa shape index (κ2) is 8.07. The molecule has 1 heterocycles. The third-order valence-corrected chi connectivity index (χ3v) is 3.24. The molecule has 6 nitrogen and oxygen atoms in total. The van der Waals surface area contributed by atoms with Gasteiger partial charge in [0, 0.05) is 13.5 Å². The number of carbonyl (C=O) groups is 1. The Morgan fingerprint density at radius 3 is 2.91 bits per heavy atom. The number of ether oxygens (including phenoxy) is 1. The standard InChI is InChI=1S/C15H22FN3O3/c1-12(22-17-13(2)20)10-19(14-6-4-3-5-7-14)18-8-9-21-11-15(18)16/h3-7,12,15H,8-11H2,1-2H3,(H,17,20)/t12-,15+/m1/s1. The Bertz CT molecular complexity index is 474. The van der Waals surface area contributed by atoms with Crippen molar-refractivity contribution >= 4 is 11.6 Å². The van der Waals surface area contributed by atoms with E-state index in [0.717, 1.165) is 5.69 Å². The van der Waals surface area contributed by atoms with E-state index in [2.05, 4.69) is 5.48 Å². The molecule has 1 fully saturated rings. The van der Waals surface area contributed by atoms with Crippen molar-refractivity contribution in [2.45, 2.75) is 26.2 Å². The lowest BCUT2D eigenvalue weighted by atomic mass is 10.3. The van der Waals surface area contributed by atoms with E-state index in [1.54, 1.807) is 5.01 Å². The molecule has 0 aliphatic carbocycles. The second-order valence-corrected chi connectivity index (χ2v) is 5.18. The van der Waals surface area contributed by atoms with E-state index in [4.69, 9.17) is 9.57 Å². The van der Waals surface area contributed by atoms with Crippen molar-refractivity contribution in [2.75, 3.05) is 31.3 Å². The van der Waals surface area contributed by atoms with Crippen LogP contribution in [0.4, 0.5) is 10.1 Å². The third kappa shape index (κ3) is 4.66. The topological polar surface area (TPSA) is 54.0 Å². The summed E-state index contributed by atoms with van der Waals surface area (Å²) in [6, 6.07) is 9.52. The van der Waals surface area contributed by atoms with Gasteiger partial charge >= 0.3 is 0 Å². The normalized spacial score (nSPS) is 20.4. The van der Waals surface area contributed by atoms with Gasteiger partial charge in [-0.25, -0.2) is 9.87 Å². The van der Waals surface area contributed by atoms with Crippen LogP contribution < -0.4 is 10.5 Å². The largest absolute Gasteiger partial charge is 0.376 e. The smallest absolute Gasteiger partial charge is 0.240 e. The van der Waals surface area contributed by atoms with E-state index in [9.17, 15) is 9.18 Å². The summed E-state index contributed by atoms with van der Waals surface area (Å²) in [6.07, 6.45) is -1.51. The summed E-state index contributed by atoms with van der Waals surface area (Å²) in [6.45, 7) is 4.59. The van der Waals surface area contributed by atoms with Gasteiger partial charge in [0.2, 0.25) is 5.91 Å². The molecule has 22 heavy (non-hydrogen) atoms. The van der Waals surface area contributed by atoms with Gasteiger partial charge in [0.05, 0.1) is 25.4 Å². The molecular formula is C15H22FN3O3. The van der Waals surface area contributed by atoms with Gasteiger partial charge in [-0.2, -0.15) is 5.01 Å². The molecule has 0 unspecified atom stereocenters. The molecule has 1 saturated heterocycles. The molecule has 1 aliphatic rings. The molecule has 122 valence electrons. The molecule has 0 saturated carbocycles. The number of alkyl halides is 1. The lowest BCUT2D eigenvalue weighted by Crippen LogP contribution is -2.55. The van der Waals surface area contributed by atoms with Crippen LogP contribution in [0.25, 0.3) is 0 Å². The number of para-hydroxylation sites is 1. The Morgan fingerprint density at radius 1 is 1.55 bits per heavy atom. The summed E-state index contributed by atoms with van der Waals surface area (Å²) >= 11 is 0. The number of nitrogens with one attached hydrogen (secondary N) is 1. The first kappa shape index (κ1) is 16.7. The Balaban J connectivity index is 2.09. The molecule has 7 heteroatoms. The van der Waals surface area contributed by atoms with Crippen LogP contribution in [-0.2, 0) is 14.4 Å². The average Bonchev–Trinajstić information content (AvgIpc) is 2.52. The highest BCUT2D eigenvalue weighted by Crippen LogP contribution is 2.21. The number of hydrazine groups is 1. The molecular weight excluding hydrogens is 289 g/mol. The van der Waals surface area contributed by atoms with E-state index in [1.165, 1.54) is 6.92 Å². The number of nitrogens with zero attached hydrogens (tertiary/aromatic N) is 2. The molecule has 0 bridgehead atoms. The molecule has 1 amide bonds. The first-order valence-corrected chi connectivity index (χ1v) is 7.31. The lowest BCUT2D eigenvalue weighted by molar-refractivity contribution is -0.135. The molecule has 1 aromatic carbocycles. The Hall–Kier alpha value is -1.70. The number of benzene rings is 1. The zero-order valence-electron chi connectivity index (χ0n) is 12.9. The van der Waals surface area contributed by atoms with Crippen molar-refractivity contribution in [3.05, 3.63) is 30.3 Å². The highest BCUT2D eigenvalue weighted by Gasteiger charge is 2.29. The van der Waals surface area contributed by atoms with Crippen molar-refractivity contribution in [1.82, 2.24) is 10.5 Å². The van der Waals surface area contributed by atoms with Crippen molar-refractivity contribution < 1.29 is 18.8 Å². The highest BCUT2D eigenvalue weighted by molar-refractivity contribution is 5.71. The molecule has 2 atom stereocenters. The van der Waals surface area contributed by atoms with Crippen molar-refractivity contribution in [3.8, 4) is 0 Å². The number of hydroxylamine groups is 1. The van der Waals surface area contributed by atoms with Crippen LogP contribution in [0.1, 0.15) is 13.8 Å². The van der Waals surface area contributed by atoms with Crippen LogP contribution in [0.5, 0.6) is 0 Å². The van der Waals surface area contributed by atoms with E-state index in [0.29, 0.717) is 19.7 Å². The molecule has 0 radical (unpaired) electrons. The Morgan fingerprint density at radius 2 is 2.27 bits per heavy atom. The van der Waals surface area contributed by atoms with Crippen LogP contribution in [0.3, 0.4) is 0 Å². The van der Waals surface area contributed by atoms with Gasteiger partial charge in [-0.05, 0) is 19.1 Å². The number of amides is 1. The summed E-state index contributed by atoms with van der Waals surface area (Å²) in [5, 5.41) is 3.46. The molecule has 2 rings (SSSR count). The number of hydrogen-bond acceptors (Lipinski definition) is 5. The number of morpholine rings is 1. The SMILES string of the molecule is CC(=O)NO[C@H](C)CN(c1ccccc1)N1CCOC[C@H]1F. The zero-order chi connectivity index (χ0) is 15.9. The summed E-state index contributed by atoms with van der Waals surface area (Å²) < 4.78 is 19.3. The summed E-state index contributed by atoms with van der Waals surface area (Å²) in [5.74, 6) is -0.271. The number of anilines is 1. The van der Waals surface area contributed by atoms with E-state index < -0.39 is 6.30 Å². The average molecular weight is 311 g/mol. The molecule has 1 aliphatic heterocycles. The van der Waals surface area contributed by atoms with Gasteiger partial charge in [-0.1, -0.05) is 18.2 Å². The number of hydrogen-bond donors (Lipinski definition) is 1. The maximum Gasteiger partial charge on any atom is 0.240 e. The first-order chi connectivity index (χ1) is 10.6. The number of rotatable bonds is 6. The van der Waals surface area contributed by atoms with Crippen LogP contribution in [0.2, 0.25) is 0 Å². The van der Waals surface area contributed by atoms with Crippen molar-refractivity contribution in [1.29, 1.82) is 0 Å². The lowest BCUT2D eigenvalue weighted by Gasteiger charge is -2.41. The van der Waals surface area contributed by atoms with Crippen LogP contribution >= 0.6 is 0 Å². The van der Waals surface area contributed by atoms with Gasteiger partial charge in [0.1, 0.15) is 6.10 Å². The predicted molar refractivity (Wildman–Crippen MR) is 80.6 cm³/mol. The minimum Gasteiger partial charge on any atom is -0.376 e. The second-order valence-electron chi connectivity index (χ2n) is 5.18. The van der Waals surface area contributed by atoms with Crippen LogP contribution in [-0.4, -0.2) is 49.6 Å². The number of carbonyl (C=O) groups excluding carboxylic acids is 1. The fourth-order valence-electron chi connectivity index (χ4n) is 2.26. The van der Waals surface area contributed by atoms with Crippen LogP contribution in [0.15, 0.2) is 30.3 Å². The maximum absolute atomic E-state index is 14.2. The molecule has 0 aromatic heterocycles. The Kier molecular flexibility index (Phi) is 6.11. The van der Waals surface area contributed by atoms with Gasteiger partial charge in [0.15, 0.2) is 6.30 Å². The quantitative estimate of drug-likeness (QED) is 0.637. The van der Waals surface area contributed by atoms with Crippen molar-refractivity contribution in [2.24, 2.45) is 0 Å². The van der Waals surface area contributed by atoms with Gasteiger partial charge in [0.25, 0.3) is 0 Å². The fourth-order valence-corrected chi connectivity index (χ4v) is 2.26. The van der Waals surface area contributed by atoms with Crippen molar-refractivity contribution in [3.63, 3.8) is 0 Å². The maximum atomic E-state index is 14.2. The molecule has 1 N–H and O–H groups in total. The third-order valence-electron chi connectivity index (χ3n) is 3.24. The predicted octanol–water partition coefficient (Wildman–Crippen LogP) is 1.49. The molecule has 1 aromatic rings. The summed E-state index contributed by atoms with van der Waals surface area (Å²) in [7, 11) is 0. The van der Waals surface area contributed by atoms with E-state index in [1.807, 2.05) is 42.3 Å². The number of halogens is 1. The first-order valence-electron chi connectivity index (χ1n) is 7.31. The van der Waals surface area contributed by atoms with Gasteiger partial charge in [-0.3, -0.25) is 9.63 Å². The highest BCUT2D eigenvalue weighted by atomic mass is 19.1. The summed E-state index contributed by atoms with van der Waals surface area (Å²) in [5.41, 5.74) is 3.18. The summed E-state index contributed by atoms with van der Waals surface area (Å²) in [4.78, 5) is 16.2. The minimum absolute atomic E-state index is 0.0459. The fraction of sp³-hybridized carbons (Fsp3) is 0.533. The van der Waals surface area contributed by atoms with E-state index >= 15 is 0 Å². The van der Waals surface area contributed by atoms with Crippen LogP contribution in [0, 0.1) is 0 Å². The van der Waals surface area contributed by atoms with Gasteiger partial charge < -0.3 is 9.75 Å². The minimum atomic E-state index is -1.21. The zero-order valence-corrected chi connectivity index (χ0v) is 12.9. The monoisotopic (exact) mass is 311 g/mol. The van der Waals surface area contributed by atoms with Gasteiger partial charge in [-0.15, -0.1) is 0 Å². The van der Waals surface area contributed by atoms with E-state index in [-0.39, 0.29) is 18.6 Å². The Labute approximate surface area is 129 Å². The molecule has 0 spiro atoms.